The number of anilines is 1. The van der Waals surface area contributed by atoms with Crippen molar-refractivity contribution in [3.63, 3.8) is 0 Å². The van der Waals surface area contributed by atoms with Crippen LogP contribution in [0.2, 0.25) is 0 Å². The summed E-state index contributed by atoms with van der Waals surface area (Å²) in [4.78, 5) is 11.9. The lowest BCUT2D eigenvalue weighted by Gasteiger charge is -2.12. The van der Waals surface area contributed by atoms with Crippen LogP contribution in [0.1, 0.15) is 16.7 Å². The number of amides is 1. The molecule has 23 heavy (non-hydrogen) atoms. The molecule has 0 aliphatic rings. The minimum absolute atomic E-state index is 0.198. The largest absolute Gasteiger partial charge is 0.331 e. The molecule has 0 aromatic heterocycles. The number of nitrogens with one attached hydrogen (secondary N) is 3. The molecule has 0 unspecified atom stereocenters. The third kappa shape index (κ3) is 5.34. The predicted molar refractivity (Wildman–Crippen MR) is 93.5 cm³/mol. The minimum Gasteiger partial charge on any atom is -0.331 e. The lowest BCUT2D eigenvalue weighted by molar-refractivity contribution is -0.120. The minimum atomic E-state index is -0.323. The Labute approximate surface area is 140 Å². The Hall–Kier alpha value is -2.47. The number of halogens is 1. The number of hydrogen-bond donors (Lipinski definition) is 3. The van der Waals surface area contributed by atoms with Crippen LogP contribution in [0.3, 0.4) is 0 Å². The van der Waals surface area contributed by atoms with E-state index >= 15 is 0 Å². The van der Waals surface area contributed by atoms with Crippen LogP contribution in [0.25, 0.3) is 0 Å². The van der Waals surface area contributed by atoms with Crippen LogP contribution in [-0.4, -0.2) is 11.0 Å². The molecule has 0 radical (unpaired) electrons. The molecule has 2 rings (SSSR count). The van der Waals surface area contributed by atoms with E-state index < -0.39 is 0 Å². The second kappa shape index (κ2) is 7.69. The van der Waals surface area contributed by atoms with Crippen LogP contribution >= 0.6 is 12.2 Å². The van der Waals surface area contributed by atoms with E-state index in [0.29, 0.717) is 5.69 Å². The molecule has 4 nitrogen and oxygen atoms in total. The van der Waals surface area contributed by atoms with Crippen LogP contribution in [0.15, 0.2) is 42.5 Å². The topological polar surface area (TPSA) is 53.2 Å². The highest BCUT2D eigenvalue weighted by Crippen LogP contribution is 2.10. The van der Waals surface area contributed by atoms with Crippen LogP contribution in [0.5, 0.6) is 0 Å². The fourth-order valence-corrected chi connectivity index (χ4v) is 2.13. The van der Waals surface area contributed by atoms with Crippen molar-refractivity contribution in [1.82, 2.24) is 10.9 Å². The van der Waals surface area contributed by atoms with E-state index in [1.165, 1.54) is 17.7 Å². The summed E-state index contributed by atoms with van der Waals surface area (Å²) in [6.45, 7) is 4.04. The molecule has 0 fully saturated rings. The number of benzene rings is 2. The van der Waals surface area contributed by atoms with Crippen molar-refractivity contribution in [3.8, 4) is 0 Å². The number of aryl methyl sites for hydroxylation is 2. The molecule has 3 N–H and O–H groups in total. The highest BCUT2D eigenvalue weighted by molar-refractivity contribution is 7.80. The fraction of sp³-hybridized carbons (Fsp3) is 0.176. The summed E-state index contributed by atoms with van der Waals surface area (Å²) < 4.78 is 12.8. The van der Waals surface area contributed by atoms with Crippen molar-refractivity contribution in [2.75, 3.05) is 5.32 Å². The summed E-state index contributed by atoms with van der Waals surface area (Å²) in [5.74, 6) is -0.521. The van der Waals surface area contributed by atoms with E-state index in [2.05, 4.69) is 16.2 Å². The maximum atomic E-state index is 12.8. The highest BCUT2D eigenvalue weighted by Gasteiger charge is 2.05. The molecular weight excluding hydrogens is 313 g/mol. The Morgan fingerprint density at radius 2 is 1.74 bits per heavy atom. The first-order chi connectivity index (χ1) is 10.9. The van der Waals surface area contributed by atoms with Gasteiger partial charge in [0.05, 0.1) is 6.42 Å². The second-order valence-electron chi connectivity index (χ2n) is 5.23. The predicted octanol–water partition coefficient (Wildman–Crippen LogP) is 3.00. The van der Waals surface area contributed by atoms with Gasteiger partial charge in [-0.3, -0.25) is 15.6 Å². The molecule has 0 aliphatic heterocycles. The van der Waals surface area contributed by atoms with Crippen molar-refractivity contribution < 1.29 is 9.18 Å². The number of thiocarbonyl (C=S) groups is 1. The molecule has 1 amide bonds. The molecule has 0 saturated carbocycles. The smallest absolute Gasteiger partial charge is 0.242 e. The SMILES string of the molecule is Cc1ccc(CC(=O)NNC(=S)Nc2ccc(F)cc2)cc1C. The van der Waals surface area contributed by atoms with Gasteiger partial charge in [0, 0.05) is 5.69 Å². The van der Waals surface area contributed by atoms with E-state index in [-0.39, 0.29) is 23.3 Å². The zero-order valence-corrected chi connectivity index (χ0v) is 13.8. The molecule has 0 atom stereocenters. The zero-order chi connectivity index (χ0) is 16.8. The quantitative estimate of drug-likeness (QED) is 0.598. The van der Waals surface area contributed by atoms with Crippen LogP contribution in [-0.2, 0) is 11.2 Å². The molecule has 0 saturated heterocycles. The van der Waals surface area contributed by atoms with Crippen molar-refractivity contribution in [1.29, 1.82) is 0 Å². The summed E-state index contributed by atoms with van der Waals surface area (Å²) in [6, 6.07) is 11.7. The third-order valence-corrected chi connectivity index (χ3v) is 3.56. The van der Waals surface area contributed by atoms with Gasteiger partial charge in [0.25, 0.3) is 0 Å². The van der Waals surface area contributed by atoms with Crippen molar-refractivity contribution in [3.05, 3.63) is 65.0 Å². The average molecular weight is 331 g/mol. The van der Waals surface area contributed by atoms with Crippen molar-refractivity contribution in [2.45, 2.75) is 20.3 Å². The van der Waals surface area contributed by atoms with Gasteiger partial charge in [0.15, 0.2) is 5.11 Å². The summed E-state index contributed by atoms with van der Waals surface area (Å²) in [5, 5.41) is 3.07. The number of carbonyl (C=O) groups excluding carboxylic acids is 1. The molecule has 2 aromatic carbocycles. The van der Waals surface area contributed by atoms with Gasteiger partial charge in [0.2, 0.25) is 5.91 Å². The van der Waals surface area contributed by atoms with Crippen molar-refractivity contribution >= 4 is 28.9 Å². The number of rotatable bonds is 3. The van der Waals surface area contributed by atoms with Gasteiger partial charge in [-0.05, 0) is 67.0 Å². The van der Waals surface area contributed by atoms with E-state index in [0.717, 1.165) is 11.1 Å². The molecule has 6 heteroatoms. The van der Waals surface area contributed by atoms with Gasteiger partial charge in [-0.15, -0.1) is 0 Å². The standard InChI is InChI=1S/C17H18FN3OS/c1-11-3-4-13(9-12(11)2)10-16(22)20-21-17(23)19-15-7-5-14(18)6-8-15/h3-9H,10H2,1-2H3,(H,20,22)(H2,19,21,23). The maximum Gasteiger partial charge on any atom is 0.242 e. The normalized spacial score (nSPS) is 10.0. The Bertz CT molecular complexity index is 716. The fourth-order valence-electron chi connectivity index (χ4n) is 1.97. The Balaban J connectivity index is 1.80. The first kappa shape index (κ1) is 16.9. The monoisotopic (exact) mass is 331 g/mol. The summed E-state index contributed by atoms with van der Waals surface area (Å²) in [6.07, 6.45) is 0.257. The highest BCUT2D eigenvalue weighted by atomic mass is 32.1. The average Bonchev–Trinajstić information content (AvgIpc) is 2.51. The van der Waals surface area contributed by atoms with Crippen molar-refractivity contribution in [2.24, 2.45) is 0 Å². The maximum absolute atomic E-state index is 12.8. The second-order valence-corrected chi connectivity index (χ2v) is 5.64. The third-order valence-electron chi connectivity index (χ3n) is 3.35. The summed E-state index contributed by atoms with van der Waals surface area (Å²) >= 11 is 5.06. The number of hydrogen-bond acceptors (Lipinski definition) is 2. The summed E-state index contributed by atoms with van der Waals surface area (Å²) in [7, 11) is 0. The molecular formula is C17H18FN3OS. The first-order valence-electron chi connectivity index (χ1n) is 7.11. The van der Waals surface area contributed by atoms with Gasteiger partial charge < -0.3 is 5.32 Å². The number of hydrazine groups is 1. The van der Waals surface area contributed by atoms with E-state index in [9.17, 15) is 9.18 Å². The Morgan fingerprint density at radius 3 is 2.39 bits per heavy atom. The van der Waals surface area contributed by atoms with Crippen LogP contribution < -0.4 is 16.2 Å². The van der Waals surface area contributed by atoms with Crippen LogP contribution in [0, 0.1) is 19.7 Å². The lowest BCUT2D eigenvalue weighted by atomic mass is 10.0. The molecule has 2 aromatic rings. The zero-order valence-electron chi connectivity index (χ0n) is 12.9. The Morgan fingerprint density at radius 1 is 1.04 bits per heavy atom. The summed E-state index contributed by atoms with van der Waals surface area (Å²) in [5.41, 5.74) is 9.06. The lowest BCUT2D eigenvalue weighted by Crippen LogP contribution is -2.44. The molecule has 120 valence electrons. The molecule has 0 heterocycles. The van der Waals surface area contributed by atoms with Gasteiger partial charge >= 0.3 is 0 Å². The van der Waals surface area contributed by atoms with Crippen LogP contribution in [0.4, 0.5) is 10.1 Å². The molecule has 0 spiro atoms. The molecule has 0 bridgehead atoms. The van der Waals surface area contributed by atoms with E-state index in [1.807, 2.05) is 32.0 Å². The van der Waals surface area contributed by atoms with Gasteiger partial charge in [-0.25, -0.2) is 4.39 Å². The van der Waals surface area contributed by atoms with Gasteiger partial charge in [0.1, 0.15) is 5.82 Å². The van der Waals surface area contributed by atoms with Gasteiger partial charge in [-0.2, -0.15) is 0 Å². The molecule has 0 aliphatic carbocycles. The number of carbonyl (C=O) groups is 1. The Kier molecular flexibility index (Phi) is 5.65. The van der Waals surface area contributed by atoms with E-state index in [1.54, 1.807) is 12.1 Å². The van der Waals surface area contributed by atoms with Gasteiger partial charge in [-0.1, -0.05) is 18.2 Å². The van der Waals surface area contributed by atoms with E-state index in [4.69, 9.17) is 12.2 Å². The first-order valence-corrected chi connectivity index (χ1v) is 7.52.